The molecule has 1 aliphatic rings. The Kier molecular flexibility index (Phi) is 7.14. The molecule has 1 unspecified atom stereocenters. The normalized spacial score (nSPS) is 19.5. The molecule has 1 atom stereocenters. The molecule has 1 fully saturated rings. The Labute approximate surface area is 130 Å². The van der Waals surface area contributed by atoms with Crippen LogP contribution in [0.3, 0.4) is 0 Å². The molecule has 0 heterocycles. The number of hydrogen-bond donors (Lipinski definition) is 1. The van der Waals surface area contributed by atoms with Crippen LogP contribution < -0.4 is 5.32 Å². The summed E-state index contributed by atoms with van der Waals surface area (Å²) in [6.07, 6.45) is 5.13. The first-order chi connectivity index (χ1) is 9.78. The van der Waals surface area contributed by atoms with Gasteiger partial charge < -0.3 is 4.74 Å². The zero-order valence-corrected chi connectivity index (χ0v) is 14.7. The van der Waals surface area contributed by atoms with E-state index in [2.05, 4.69) is 37.9 Å². The van der Waals surface area contributed by atoms with Crippen LogP contribution in [0.4, 0.5) is 0 Å². The fourth-order valence-electron chi connectivity index (χ4n) is 3.52. The van der Waals surface area contributed by atoms with Gasteiger partial charge in [0.1, 0.15) is 5.54 Å². The van der Waals surface area contributed by atoms with Gasteiger partial charge >= 0.3 is 5.97 Å². The highest BCUT2D eigenvalue weighted by Crippen LogP contribution is 2.26. The van der Waals surface area contributed by atoms with E-state index >= 15 is 0 Å². The molecule has 0 aromatic heterocycles. The van der Waals surface area contributed by atoms with Gasteiger partial charge in [-0.15, -0.1) is 0 Å². The molecule has 0 aromatic rings. The topological polar surface area (TPSA) is 41.6 Å². The van der Waals surface area contributed by atoms with E-state index in [4.69, 9.17) is 4.74 Å². The minimum atomic E-state index is -0.638. The third-order valence-electron chi connectivity index (χ3n) is 4.20. The summed E-state index contributed by atoms with van der Waals surface area (Å²) in [4.78, 5) is 14.8. The predicted octanol–water partition coefficient (Wildman–Crippen LogP) is 2.82. The maximum atomic E-state index is 12.3. The number of carbonyl (C=O) groups is 1. The molecule has 1 saturated carbocycles. The Morgan fingerprint density at radius 1 is 1.29 bits per heavy atom. The maximum Gasteiger partial charge on any atom is 0.327 e. The van der Waals surface area contributed by atoms with E-state index in [0.29, 0.717) is 12.0 Å². The molecule has 1 aliphatic carbocycles. The molecule has 0 spiro atoms. The highest BCUT2D eigenvalue weighted by molar-refractivity contribution is 5.80. The van der Waals surface area contributed by atoms with Crippen molar-refractivity contribution < 1.29 is 9.53 Å². The van der Waals surface area contributed by atoms with Crippen molar-refractivity contribution in [3.8, 4) is 0 Å². The van der Waals surface area contributed by atoms with Crippen molar-refractivity contribution in [2.75, 3.05) is 20.2 Å². The van der Waals surface area contributed by atoms with Crippen LogP contribution in [0.1, 0.15) is 60.3 Å². The van der Waals surface area contributed by atoms with Crippen molar-refractivity contribution in [1.29, 1.82) is 0 Å². The van der Waals surface area contributed by atoms with Crippen LogP contribution >= 0.6 is 0 Å². The fraction of sp³-hybridized carbons (Fsp3) is 0.941. The van der Waals surface area contributed by atoms with Gasteiger partial charge in [-0.3, -0.25) is 15.0 Å². The van der Waals surface area contributed by atoms with Gasteiger partial charge in [-0.2, -0.15) is 0 Å². The second kappa shape index (κ2) is 8.14. The summed E-state index contributed by atoms with van der Waals surface area (Å²) in [7, 11) is 1.48. The minimum Gasteiger partial charge on any atom is -0.468 e. The summed E-state index contributed by atoms with van der Waals surface area (Å²) < 4.78 is 5.06. The Bertz CT molecular complexity index is 325. The molecular formula is C17H34N2O2. The molecule has 0 saturated heterocycles. The number of hydrogen-bond acceptors (Lipinski definition) is 4. The number of esters is 1. The van der Waals surface area contributed by atoms with Crippen LogP contribution in [-0.4, -0.2) is 48.7 Å². The van der Waals surface area contributed by atoms with Crippen molar-refractivity contribution in [1.82, 2.24) is 10.2 Å². The van der Waals surface area contributed by atoms with Gasteiger partial charge in [0.2, 0.25) is 0 Å². The molecule has 4 nitrogen and oxygen atoms in total. The van der Waals surface area contributed by atoms with Crippen LogP contribution in [0.2, 0.25) is 0 Å². The van der Waals surface area contributed by atoms with Crippen molar-refractivity contribution in [3.63, 3.8) is 0 Å². The Morgan fingerprint density at radius 2 is 1.86 bits per heavy atom. The number of ether oxygens (including phenoxy) is 1. The molecule has 1 rings (SSSR count). The zero-order chi connectivity index (χ0) is 16.0. The molecule has 0 radical (unpaired) electrons. The van der Waals surface area contributed by atoms with Gasteiger partial charge in [0.25, 0.3) is 0 Å². The second-order valence-corrected chi connectivity index (χ2v) is 7.38. The Balaban J connectivity index is 2.86. The van der Waals surface area contributed by atoms with E-state index in [1.54, 1.807) is 0 Å². The number of carbonyl (C=O) groups excluding carboxylic acids is 1. The third-order valence-corrected chi connectivity index (χ3v) is 4.20. The van der Waals surface area contributed by atoms with Crippen LogP contribution in [0.5, 0.6) is 0 Å². The molecule has 21 heavy (non-hydrogen) atoms. The van der Waals surface area contributed by atoms with Gasteiger partial charge in [0, 0.05) is 25.2 Å². The molecule has 0 aliphatic heterocycles. The van der Waals surface area contributed by atoms with Crippen LogP contribution in [0.25, 0.3) is 0 Å². The lowest BCUT2D eigenvalue weighted by Crippen LogP contribution is -2.60. The van der Waals surface area contributed by atoms with E-state index in [1.165, 1.54) is 32.8 Å². The first-order valence-electron chi connectivity index (χ1n) is 8.38. The van der Waals surface area contributed by atoms with E-state index in [-0.39, 0.29) is 12.0 Å². The second-order valence-electron chi connectivity index (χ2n) is 7.38. The largest absolute Gasteiger partial charge is 0.468 e. The highest BCUT2D eigenvalue weighted by Gasteiger charge is 2.38. The van der Waals surface area contributed by atoms with Gasteiger partial charge in [0.05, 0.1) is 7.11 Å². The zero-order valence-electron chi connectivity index (χ0n) is 14.7. The lowest BCUT2D eigenvalue weighted by atomic mass is 9.98. The Hall–Kier alpha value is -0.610. The predicted molar refractivity (Wildman–Crippen MR) is 87.4 cm³/mol. The van der Waals surface area contributed by atoms with E-state index < -0.39 is 5.54 Å². The number of rotatable bonds is 8. The summed E-state index contributed by atoms with van der Waals surface area (Å²) >= 11 is 0. The number of methoxy groups -OCH3 is 1. The number of nitrogens with one attached hydrogen (secondary N) is 1. The Morgan fingerprint density at radius 3 is 2.29 bits per heavy atom. The molecule has 1 N–H and O–H groups in total. The summed E-state index contributed by atoms with van der Waals surface area (Å²) in [6.45, 7) is 12.4. The van der Waals surface area contributed by atoms with Gasteiger partial charge in [0.15, 0.2) is 0 Å². The van der Waals surface area contributed by atoms with Crippen molar-refractivity contribution >= 4 is 5.97 Å². The van der Waals surface area contributed by atoms with E-state index in [9.17, 15) is 4.79 Å². The van der Waals surface area contributed by atoms with Gasteiger partial charge in [-0.05, 0) is 39.5 Å². The van der Waals surface area contributed by atoms with Gasteiger partial charge in [-0.1, -0.05) is 26.7 Å². The quantitative estimate of drug-likeness (QED) is 0.700. The average Bonchev–Trinajstić information content (AvgIpc) is 2.89. The molecule has 124 valence electrons. The van der Waals surface area contributed by atoms with Crippen LogP contribution in [-0.2, 0) is 9.53 Å². The van der Waals surface area contributed by atoms with Crippen LogP contribution in [0.15, 0.2) is 0 Å². The molecular weight excluding hydrogens is 264 g/mol. The smallest absolute Gasteiger partial charge is 0.327 e. The van der Waals surface area contributed by atoms with Crippen LogP contribution in [0, 0.1) is 5.92 Å². The fourth-order valence-corrected chi connectivity index (χ4v) is 3.52. The lowest BCUT2D eigenvalue weighted by Gasteiger charge is -2.39. The first-order valence-corrected chi connectivity index (χ1v) is 8.38. The summed E-state index contributed by atoms with van der Waals surface area (Å²) in [5, 5.41) is 3.42. The summed E-state index contributed by atoms with van der Waals surface area (Å²) in [5.74, 6) is 0.439. The summed E-state index contributed by atoms with van der Waals surface area (Å²) in [5.41, 5.74) is -0.638. The van der Waals surface area contributed by atoms with Crippen molar-refractivity contribution in [3.05, 3.63) is 0 Å². The molecule has 0 aromatic carbocycles. The number of nitrogens with zero attached hydrogens (tertiary/aromatic N) is 1. The molecule has 0 bridgehead atoms. The van der Waals surface area contributed by atoms with E-state index in [1.807, 2.05) is 6.92 Å². The third kappa shape index (κ3) is 5.59. The van der Waals surface area contributed by atoms with E-state index in [0.717, 1.165) is 13.1 Å². The first kappa shape index (κ1) is 18.4. The van der Waals surface area contributed by atoms with Crippen molar-refractivity contribution in [2.24, 2.45) is 5.92 Å². The highest BCUT2D eigenvalue weighted by atomic mass is 16.5. The van der Waals surface area contributed by atoms with Gasteiger partial charge in [-0.25, -0.2) is 0 Å². The molecule has 4 heteroatoms. The standard InChI is InChI=1S/C17H34N2O2/c1-13(2)11-19(15-9-7-8-10-15)12-17(5,16(20)21-6)18-14(3)4/h13-15,18H,7-12H2,1-6H3. The SMILES string of the molecule is COC(=O)C(C)(CN(CC(C)C)C1CCCC1)NC(C)C. The van der Waals surface area contributed by atoms with Crippen molar-refractivity contribution in [2.45, 2.75) is 77.9 Å². The minimum absolute atomic E-state index is 0.164. The lowest BCUT2D eigenvalue weighted by molar-refractivity contribution is -0.149. The maximum absolute atomic E-state index is 12.3. The summed E-state index contributed by atoms with van der Waals surface area (Å²) in [6, 6.07) is 0.865. The molecule has 0 amide bonds. The average molecular weight is 298 g/mol. The monoisotopic (exact) mass is 298 g/mol.